The molecule has 0 spiro atoms. The van der Waals surface area contributed by atoms with Crippen molar-refractivity contribution in [3.63, 3.8) is 0 Å². The number of aryl methyl sites for hydroxylation is 1. The molecule has 0 radical (unpaired) electrons. The summed E-state index contributed by atoms with van der Waals surface area (Å²) in [6, 6.07) is 7.90. The van der Waals surface area contributed by atoms with E-state index < -0.39 is 5.60 Å². The van der Waals surface area contributed by atoms with Crippen molar-refractivity contribution in [1.82, 2.24) is 14.5 Å². The maximum Gasteiger partial charge on any atom is 0.147 e. The number of fused-ring (bicyclic) bond motifs is 4. The normalized spacial score (nSPS) is 21.5. The van der Waals surface area contributed by atoms with Gasteiger partial charge in [-0.05, 0) is 74.2 Å². The van der Waals surface area contributed by atoms with E-state index in [0.29, 0.717) is 18.1 Å². The Hall–Kier alpha value is -2.24. The highest BCUT2D eigenvalue weighted by molar-refractivity contribution is 5.87. The molecular weight excluding hydrogens is 353 g/mol. The van der Waals surface area contributed by atoms with E-state index in [9.17, 15) is 5.11 Å². The molecule has 0 aliphatic carbocycles. The van der Waals surface area contributed by atoms with Gasteiger partial charge >= 0.3 is 0 Å². The van der Waals surface area contributed by atoms with E-state index in [1.165, 1.54) is 24.1 Å². The molecule has 5 heteroatoms. The van der Waals surface area contributed by atoms with Gasteiger partial charge in [-0.15, -0.1) is 0 Å². The van der Waals surface area contributed by atoms with E-state index in [4.69, 9.17) is 0 Å². The fraction of sp³-hybridized carbons (Fsp3) is 0.435. The molecule has 1 N–H and O–H groups in total. The van der Waals surface area contributed by atoms with Crippen LogP contribution in [-0.2, 0) is 25.1 Å². The first-order valence-corrected chi connectivity index (χ1v) is 10.1. The molecule has 0 amide bonds. The molecule has 4 heterocycles. The molecule has 2 aromatic heterocycles. The van der Waals surface area contributed by atoms with Crippen molar-refractivity contribution in [2.24, 2.45) is 0 Å². The zero-order chi connectivity index (χ0) is 19.5. The largest absolute Gasteiger partial charge is 0.384 e. The SMILES string of the molecule is Cc1cc(F)c2c(c1)c1c(n2CC(C)(O)c2ccncc2)CC2CCCN2C1. The Balaban J connectivity index is 1.68. The molecule has 2 unspecified atom stereocenters. The van der Waals surface area contributed by atoms with Gasteiger partial charge in [0.2, 0.25) is 0 Å². The van der Waals surface area contributed by atoms with E-state index in [0.717, 1.165) is 36.0 Å². The summed E-state index contributed by atoms with van der Waals surface area (Å²) in [5.41, 5.74) is 3.69. The van der Waals surface area contributed by atoms with Crippen LogP contribution in [0.5, 0.6) is 0 Å². The quantitative estimate of drug-likeness (QED) is 0.750. The molecule has 0 saturated carbocycles. The maximum absolute atomic E-state index is 15.1. The average molecular weight is 379 g/mol. The van der Waals surface area contributed by atoms with E-state index in [2.05, 4.69) is 20.5 Å². The molecule has 1 fully saturated rings. The second kappa shape index (κ2) is 6.39. The van der Waals surface area contributed by atoms with Crippen molar-refractivity contribution < 1.29 is 9.50 Å². The molecular formula is C23H26FN3O. The number of aliphatic hydroxyl groups is 1. The smallest absolute Gasteiger partial charge is 0.147 e. The summed E-state index contributed by atoms with van der Waals surface area (Å²) in [6.45, 7) is 6.08. The Kier molecular flexibility index (Phi) is 4.07. The lowest BCUT2D eigenvalue weighted by atomic mass is 9.96. The Morgan fingerprint density at radius 3 is 2.86 bits per heavy atom. The third-order valence-electron chi connectivity index (χ3n) is 6.53. The van der Waals surface area contributed by atoms with Crippen LogP contribution in [0, 0.1) is 12.7 Å². The van der Waals surface area contributed by atoms with Gasteiger partial charge in [-0.25, -0.2) is 4.39 Å². The van der Waals surface area contributed by atoms with Gasteiger partial charge in [-0.1, -0.05) is 0 Å². The van der Waals surface area contributed by atoms with Crippen molar-refractivity contribution in [2.75, 3.05) is 6.54 Å². The lowest BCUT2D eigenvalue weighted by molar-refractivity contribution is 0.0380. The number of pyridine rings is 1. The standard InChI is InChI=1S/C23H26FN3O/c1-15-10-18-19-13-26-9-3-4-17(26)12-21(19)27(22(18)20(24)11-15)14-23(2,28)16-5-7-25-8-6-16/h5-8,10-11,17,28H,3-4,9,12-14H2,1-2H3. The van der Waals surface area contributed by atoms with Crippen LogP contribution < -0.4 is 0 Å². The minimum atomic E-state index is -1.10. The van der Waals surface area contributed by atoms with Crippen molar-refractivity contribution in [2.45, 2.75) is 57.8 Å². The minimum Gasteiger partial charge on any atom is -0.384 e. The van der Waals surface area contributed by atoms with Gasteiger partial charge in [-0.2, -0.15) is 0 Å². The van der Waals surface area contributed by atoms with E-state index in [-0.39, 0.29) is 5.82 Å². The fourth-order valence-corrected chi connectivity index (χ4v) is 5.15. The van der Waals surface area contributed by atoms with E-state index >= 15 is 4.39 Å². The highest BCUT2D eigenvalue weighted by Gasteiger charge is 2.36. The highest BCUT2D eigenvalue weighted by Crippen LogP contribution is 2.39. The van der Waals surface area contributed by atoms with Gasteiger partial charge in [0.05, 0.1) is 12.1 Å². The number of nitrogens with zero attached hydrogens (tertiary/aromatic N) is 3. The van der Waals surface area contributed by atoms with Gasteiger partial charge in [0.1, 0.15) is 11.4 Å². The van der Waals surface area contributed by atoms with Crippen LogP contribution in [0.25, 0.3) is 10.9 Å². The van der Waals surface area contributed by atoms with Crippen molar-refractivity contribution >= 4 is 10.9 Å². The van der Waals surface area contributed by atoms with Crippen LogP contribution in [0.15, 0.2) is 36.7 Å². The van der Waals surface area contributed by atoms with Gasteiger partial charge in [-0.3, -0.25) is 9.88 Å². The Labute approximate surface area is 164 Å². The minimum absolute atomic E-state index is 0.199. The third-order valence-corrected chi connectivity index (χ3v) is 6.53. The summed E-state index contributed by atoms with van der Waals surface area (Å²) in [5.74, 6) is -0.199. The zero-order valence-corrected chi connectivity index (χ0v) is 16.5. The second-order valence-electron chi connectivity index (χ2n) is 8.63. The van der Waals surface area contributed by atoms with Crippen LogP contribution in [0.2, 0.25) is 0 Å². The van der Waals surface area contributed by atoms with Crippen LogP contribution in [0.3, 0.4) is 0 Å². The first-order chi connectivity index (χ1) is 13.4. The van der Waals surface area contributed by atoms with E-state index in [1.54, 1.807) is 25.4 Å². The first-order valence-electron chi connectivity index (χ1n) is 10.1. The summed E-state index contributed by atoms with van der Waals surface area (Å²) in [6.07, 6.45) is 6.73. The van der Waals surface area contributed by atoms with E-state index in [1.807, 2.05) is 19.1 Å². The first kappa shape index (κ1) is 17.8. The number of hydrogen-bond donors (Lipinski definition) is 1. The summed E-state index contributed by atoms with van der Waals surface area (Å²) in [4.78, 5) is 6.59. The summed E-state index contributed by atoms with van der Waals surface area (Å²) < 4.78 is 17.2. The summed E-state index contributed by atoms with van der Waals surface area (Å²) in [7, 11) is 0. The predicted octanol–water partition coefficient (Wildman–Crippen LogP) is 3.91. The topological polar surface area (TPSA) is 41.3 Å². The summed E-state index contributed by atoms with van der Waals surface area (Å²) >= 11 is 0. The van der Waals surface area contributed by atoms with Crippen LogP contribution in [-0.4, -0.2) is 32.1 Å². The molecule has 28 heavy (non-hydrogen) atoms. The van der Waals surface area contributed by atoms with Crippen LogP contribution in [0.1, 0.15) is 42.1 Å². The number of hydrogen-bond acceptors (Lipinski definition) is 3. The maximum atomic E-state index is 15.1. The highest BCUT2D eigenvalue weighted by atomic mass is 19.1. The number of aromatic nitrogens is 2. The molecule has 3 aromatic rings. The monoisotopic (exact) mass is 379 g/mol. The molecule has 4 nitrogen and oxygen atoms in total. The van der Waals surface area contributed by atoms with Crippen molar-refractivity contribution in [3.05, 3.63) is 64.9 Å². The predicted molar refractivity (Wildman–Crippen MR) is 108 cm³/mol. The van der Waals surface area contributed by atoms with Gasteiger partial charge in [0.25, 0.3) is 0 Å². The molecule has 1 saturated heterocycles. The molecule has 2 aliphatic heterocycles. The molecule has 1 aromatic carbocycles. The Bertz CT molecular complexity index is 1040. The molecule has 5 rings (SSSR count). The molecule has 2 atom stereocenters. The number of benzene rings is 1. The lowest BCUT2D eigenvalue weighted by Crippen LogP contribution is -2.37. The van der Waals surface area contributed by atoms with Crippen molar-refractivity contribution in [1.29, 1.82) is 0 Å². The molecule has 146 valence electrons. The third kappa shape index (κ3) is 2.76. The van der Waals surface area contributed by atoms with Gasteiger partial charge < -0.3 is 9.67 Å². The molecule has 2 aliphatic rings. The van der Waals surface area contributed by atoms with Crippen molar-refractivity contribution in [3.8, 4) is 0 Å². The van der Waals surface area contributed by atoms with Gasteiger partial charge in [0, 0.05) is 42.5 Å². The number of halogens is 1. The van der Waals surface area contributed by atoms with Crippen LogP contribution in [0.4, 0.5) is 4.39 Å². The Morgan fingerprint density at radius 1 is 1.29 bits per heavy atom. The molecule has 0 bridgehead atoms. The van der Waals surface area contributed by atoms with Crippen LogP contribution >= 0.6 is 0 Å². The average Bonchev–Trinajstić information content (AvgIpc) is 3.23. The Morgan fingerprint density at radius 2 is 2.07 bits per heavy atom. The van der Waals surface area contributed by atoms with Gasteiger partial charge in [0.15, 0.2) is 0 Å². The second-order valence-corrected chi connectivity index (χ2v) is 8.63. The lowest BCUT2D eigenvalue weighted by Gasteiger charge is -2.32. The summed E-state index contributed by atoms with van der Waals surface area (Å²) in [5, 5.41) is 12.3. The fourth-order valence-electron chi connectivity index (χ4n) is 5.15. The zero-order valence-electron chi connectivity index (χ0n) is 16.5. The number of rotatable bonds is 3.